The van der Waals surface area contributed by atoms with E-state index in [9.17, 15) is 0 Å². The summed E-state index contributed by atoms with van der Waals surface area (Å²) in [6.45, 7) is 12.4. The summed E-state index contributed by atoms with van der Waals surface area (Å²) in [5.74, 6) is 0. The highest BCUT2D eigenvalue weighted by molar-refractivity contribution is 7.13. The lowest BCUT2D eigenvalue weighted by Gasteiger charge is -2.38. The van der Waals surface area contributed by atoms with Crippen molar-refractivity contribution in [3.63, 3.8) is 0 Å². The van der Waals surface area contributed by atoms with Crippen molar-refractivity contribution in [2.45, 2.75) is 34.6 Å². The van der Waals surface area contributed by atoms with Gasteiger partial charge in [-0.25, -0.2) is 4.98 Å². The highest BCUT2D eigenvalue weighted by Gasteiger charge is 2.32. The van der Waals surface area contributed by atoms with E-state index in [1.54, 1.807) is 11.3 Å². The molecule has 1 aromatic heterocycles. The van der Waals surface area contributed by atoms with Gasteiger partial charge in [0.05, 0.1) is 0 Å². The average molecular weight is 212 g/mol. The average Bonchev–Trinajstić information content (AvgIpc) is 2.50. The van der Waals surface area contributed by atoms with E-state index < -0.39 is 0 Å². The number of nitrogens with one attached hydrogen (secondary N) is 1. The monoisotopic (exact) mass is 212 g/mol. The van der Waals surface area contributed by atoms with Gasteiger partial charge in [0.2, 0.25) is 0 Å². The SMILES string of the molecule is CC(C)(C)C(C)(C)CNc1nccs1. The Kier molecular flexibility index (Phi) is 3.20. The van der Waals surface area contributed by atoms with Gasteiger partial charge in [0.25, 0.3) is 0 Å². The fraction of sp³-hybridized carbons (Fsp3) is 0.727. The standard InChI is InChI=1S/C11H20N2S/c1-10(2,3)11(4,5)8-13-9-12-6-7-14-9/h6-7H,8H2,1-5H3,(H,12,13). The number of hydrogen-bond acceptors (Lipinski definition) is 3. The third-order valence-corrected chi connectivity index (χ3v) is 3.88. The second-order valence-corrected chi connectivity index (χ2v) is 6.22. The van der Waals surface area contributed by atoms with Crippen molar-refractivity contribution in [2.75, 3.05) is 11.9 Å². The van der Waals surface area contributed by atoms with Crippen molar-refractivity contribution in [3.05, 3.63) is 11.6 Å². The van der Waals surface area contributed by atoms with Crippen LogP contribution < -0.4 is 5.32 Å². The molecule has 0 aliphatic heterocycles. The van der Waals surface area contributed by atoms with Crippen molar-refractivity contribution in [2.24, 2.45) is 10.8 Å². The van der Waals surface area contributed by atoms with E-state index in [1.165, 1.54) is 0 Å². The first-order chi connectivity index (χ1) is 6.33. The Labute approximate surface area is 90.8 Å². The summed E-state index contributed by atoms with van der Waals surface area (Å²) in [5.41, 5.74) is 0.565. The minimum absolute atomic E-state index is 0.263. The predicted octanol–water partition coefficient (Wildman–Crippen LogP) is 3.63. The lowest BCUT2D eigenvalue weighted by molar-refractivity contribution is 0.148. The molecule has 2 nitrogen and oxygen atoms in total. The largest absolute Gasteiger partial charge is 0.361 e. The fourth-order valence-electron chi connectivity index (χ4n) is 0.872. The van der Waals surface area contributed by atoms with Gasteiger partial charge in [-0.3, -0.25) is 0 Å². The second-order valence-electron chi connectivity index (χ2n) is 5.32. The summed E-state index contributed by atoms with van der Waals surface area (Å²) in [4.78, 5) is 4.21. The van der Waals surface area contributed by atoms with E-state index in [4.69, 9.17) is 0 Å². The first kappa shape index (κ1) is 11.5. The van der Waals surface area contributed by atoms with Gasteiger partial charge >= 0.3 is 0 Å². The maximum atomic E-state index is 4.21. The van der Waals surface area contributed by atoms with Crippen LogP contribution in [-0.2, 0) is 0 Å². The smallest absolute Gasteiger partial charge is 0.182 e. The molecule has 1 N–H and O–H groups in total. The van der Waals surface area contributed by atoms with Crippen molar-refractivity contribution in [3.8, 4) is 0 Å². The Morgan fingerprint density at radius 2 is 1.93 bits per heavy atom. The van der Waals surface area contributed by atoms with Gasteiger partial charge in [-0.1, -0.05) is 34.6 Å². The molecule has 0 saturated carbocycles. The molecule has 0 amide bonds. The van der Waals surface area contributed by atoms with Gasteiger partial charge in [-0.15, -0.1) is 11.3 Å². The number of nitrogens with zero attached hydrogens (tertiary/aromatic N) is 1. The predicted molar refractivity (Wildman–Crippen MR) is 63.8 cm³/mol. The molecule has 0 spiro atoms. The molecule has 80 valence electrons. The zero-order valence-electron chi connectivity index (χ0n) is 9.72. The molecule has 3 heteroatoms. The molecule has 1 heterocycles. The van der Waals surface area contributed by atoms with Crippen LogP contribution in [0.1, 0.15) is 34.6 Å². The molecular formula is C11H20N2S. The molecular weight excluding hydrogens is 192 g/mol. The molecule has 0 unspecified atom stereocenters. The molecule has 0 saturated heterocycles. The summed E-state index contributed by atoms with van der Waals surface area (Å²) in [5, 5.41) is 6.39. The summed E-state index contributed by atoms with van der Waals surface area (Å²) in [6.07, 6.45) is 1.83. The van der Waals surface area contributed by atoms with Crippen molar-refractivity contribution < 1.29 is 0 Å². The Balaban J connectivity index is 2.53. The minimum Gasteiger partial charge on any atom is -0.361 e. The molecule has 0 fully saturated rings. The first-order valence-electron chi connectivity index (χ1n) is 4.96. The van der Waals surface area contributed by atoms with Crippen LogP contribution in [0.3, 0.4) is 0 Å². The van der Waals surface area contributed by atoms with Gasteiger partial charge in [-0.05, 0) is 10.8 Å². The number of aromatic nitrogens is 1. The first-order valence-corrected chi connectivity index (χ1v) is 5.84. The number of thiazole rings is 1. The van der Waals surface area contributed by atoms with Crippen LogP contribution in [0.2, 0.25) is 0 Å². The van der Waals surface area contributed by atoms with Crippen molar-refractivity contribution in [1.29, 1.82) is 0 Å². The van der Waals surface area contributed by atoms with Gasteiger partial charge < -0.3 is 5.32 Å². The molecule has 0 aromatic carbocycles. The van der Waals surface area contributed by atoms with E-state index in [2.05, 4.69) is 44.9 Å². The Morgan fingerprint density at radius 3 is 2.36 bits per heavy atom. The number of anilines is 1. The van der Waals surface area contributed by atoms with Crippen LogP contribution in [0.5, 0.6) is 0 Å². The third kappa shape index (κ3) is 2.71. The molecule has 14 heavy (non-hydrogen) atoms. The number of hydrogen-bond donors (Lipinski definition) is 1. The summed E-state index contributed by atoms with van der Waals surface area (Å²) in [7, 11) is 0. The lowest BCUT2D eigenvalue weighted by atomic mass is 9.69. The molecule has 1 aromatic rings. The summed E-state index contributed by atoms with van der Waals surface area (Å²) in [6, 6.07) is 0. The molecule has 0 atom stereocenters. The zero-order valence-corrected chi connectivity index (χ0v) is 10.5. The van der Waals surface area contributed by atoms with E-state index in [1.807, 2.05) is 11.6 Å². The Morgan fingerprint density at radius 1 is 1.29 bits per heavy atom. The van der Waals surface area contributed by atoms with E-state index in [0.29, 0.717) is 5.41 Å². The van der Waals surface area contributed by atoms with Crippen LogP contribution in [0, 0.1) is 10.8 Å². The zero-order chi connectivity index (χ0) is 10.8. The van der Waals surface area contributed by atoms with Crippen molar-refractivity contribution in [1.82, 2.24) is 4.98 Å². The van der Waals surface area contributed by atoms with Crippen LogP contribution in [0.15, 0.2) is 11.6 Å². The maximum Gasteiger partial charge on any atom is 0.182 e. The maximum absolute atomic E-state index is 4.21. The van der Waals surface area contributed by atoms with Crippen LogP contribution in [-0.4, -0.2) is 11.5 Å². The normalized spacial score (nSPS) is 12.9. The van der Waals surface area contributed by atoms with Crippen molar-refractivity contribution >= 4 is 16.5 Å². The van der Waals surface area contributed by atoms with E-state index in [0.717, 1.165) is 11.7 Å². The second kappa shape index (κ2) is 3.89. The summed E-state index contributed by atoms with van der Waals surface area (Å²) < 4.78 is 0. The molecule has 1 rings (SSSR count). The van der Waals surface area contributed by atoms with Crippen LogP contribution in [0.4, 0.5) is 5.13 Å². The highest BCUT2D eigenvalue weighted by Crippen LogP contribution is 2.37. The van der Waals surface area contributed by atoms with Crippen LogP contribution >= 0.6 is 11.3 Å². The van der Waals surface area contributed by atoms with Gasteiger partial charge in [0, 0.05) is 18.1 Å². The number of rotatable bonds is 3. The topological polar surface area (TPSA) is 24.9 Å². The van der Waals surface area contributed by atoms with Gasteiger partial charge in [0.1, 0.15) is 0 Å². The molecule has 0 bridgehead atoms. The quantitative estimate of drug-likeness (QED) is 0.827. The van der Waals surface area contributed by atoms with Gasteiger partial charge in [-0.2, -0.15) is 0 Å². The van der Waals surface area contributed by atoms with E-state index >= 15 is 0 Å². The fourth-order valence-corrected chi connectivity index (χ4v) is 1.40. The Bertz CT molecular complexity index is 270. The highest BCUT2D eigenvalue weighted by atomic mass is 32.1. The minimum atomic E-state index is 0.263. The molecule has 0 radical (unpaired) electrons. The van der Waals surface area contributed by atoms with Crippen LogP contribution in [0.25, 0.3) is 0 Å². The van der Waals surface area contributed by atoms with E-state index in [-0.39, 0.29) is 5.41 Å². The third-order valence-electron chi connectivity index (χ3n) is 3.14. The summed E-state index contributed by atoms with van der Waals surface area (Å²) >= 11 is 1.65. The Hall–Kier alpha value is -0.570. The van der Waals surface area contributed by atoms with Gasteiger partial charge in [0.15, 0.2) is 5.13 Å². The lowest BCUT2D eigenvalue weighted by Crippen LogP contribution is -2.36. The molecule has 0 aliphatic rings. The molecule has 0 aliphatic carbocycles.